The molecule has 1 aliphatic carbocycles. The number of piperazine rings is 1. The second kappa shape index (κ2) is 5.62. The number of fused-ring (bicyclic) bond motifs is 1. The van der Waals surface area contributed by atoms with Gasteiger partial charge in [0, 0.05) is 36.1 Å². The number of aromatic nitrogens is 1. The number of anilines is 1. The summed E-state index contributed by atoms with van der Waals surface area (Å²) in [5.41, 5.74) is 1.34. The minimum absolute atomic E-state index is 0.521. The van der Waals surface area contributed by atoms with Crippen LogP contribution in [0.25, 0.3) is 0 Å². The molecule has 0 aromatic carbocycles. The van der Waals surface area contributed by atoms with E-state index in [0.29, 0.717) is 18.1 Å². The molecule has 3 unspecified atom stereocenters. The molecule has 112 valence electrons. The Balaban J connectivity index is 1.83. The summed E-state index contributed by atoms with van der Waals surface area (Å²) >= 11 is 1.91. The van der Waals surface area contributed by atoms with Gasteiger partial charge in [-0.1, -0.05) is 11.3 Å². The Bertz CT molecular complexity index is 460. The summed E-state index contributed by atoms with van der Waals surface area (Å²) < 4.78 is 0. The van der Waals surface area contributed by atoms with E-state index in [-0.39, 0.29) is 0 Å². The number of aryl methyl sites for hydroxylation is 1. The van der Waals surface area contributed by atoms with E-state index in [1.165, 1.54) is 28.5 Å². The number of thiazole rings is 1. The fraction of sp³-hybridized carbons (Fsp3) is 0.800. The van der Waals surface area contributed by atoms with Crippen LogP contribution in [0.15, 0.2) is 0 Å². The zero-order valence-electron chi connectivity index (χ0n) is 13.0. The van der Waals surface area contributed by atoms with Gasteiger partial charge in [-0.2, -0.15) is 0 Å². The van der Waals surface area contributed by atoms with Crippen LogP contribution in [0, 0.1) is 0 Å². The van der Waals surface area contributed by atoms with Gasteiger partial charge in [0.25, 0.3) is 0 Å². The number of likely N-dealkylation sites (N-methyl/N-ethyl adjacent to an activating group) is 1. The van der Waals surface area contributed by atoms with Crippen molar-refractivity contribution in [3.05, 3.63) is 10.6 Å². The summed E-state index contributed by atoms with van der Waals surface area (Å²) in [6.45, 7) is 6.81. The van der Waals surface area contributed by atoms with Gasteiger partial charge in [-0.3, -0.25) is 4.90 Å². The monoisotopic (exact) mass is 294 g/mol. The third kappa shape index (κ3) is 2.47. The Morgan fingerprint density at radius 2 is 1.95 bits per heavy atom. The fourth-order valence-electron chi connectivity index (χ4n) is 3.38. The molecular weight excluding hydrogens is 268 g/mol. The molecule has 1 aromatic rings. The maximum absolute atomic E-state index is 4.95. The molecule has 20 heavy (non-hydrogen) atoms. The molecule has 3 rings (SSSR count). The van der Waals surface area contributed by atoms with Crippen molar-refractivity contribution < 1.29 is 0 Å². The van der Waals surface area contributed by atoms with Gasteiger partial charge < -0.3 is 10.2 Å². The summed E-state index contributed by atoms with van der Waals surface area (Å²) in [6, 6.07) is 1.71. The average molecular weight is 294 g/mol. The van der Waals surface area contributed by atoms with E-state index in [0.717, 1.165) is 19.5 Å². The lowest BCUT2D eigenvalue weighted by molar-refractivity contribution is 0.170. The number of hydrogen-bond donors (Lipinski definition) is 1. The van der Waals surface area contributed by atoms with Gasteiger partial charge in [0.15, 0.2) is 5.13 Å². The topological polar surface area (TPSA) is 31.4 Å². The van der Waals surface area contributed by atoms with Crippen LogP contribution in [0.2, 0.25) is 0 Å². The second-order valence-electron chi connectivity index (χ2n) is 6.31. The van der Waals surface area contributed by atoms with Crippen molar-refractivity contribution in [3.63, 3.8) is 0 Å². The van der Waals surface area contributed by atoms with E-state index in [4.69, 9.17) is 4.98 Å². The van der Waals surface area contributed by atoms with E-state index < -0.39 is 0 Å². The first-order chi connectivity index (χ1) is 9.60. The van der Waals surface area contributed by atoms with Crippen LogP contribution >= 0.6 is 11.3 Å². The van der Waals surface area contributed by atoms with E-state index in [9.17, 15) is 0 Å². The van der Waals surface area contributed by atoms with Crippen molar-refractivity contribution >= 4 is 16.5 Å². The Labute approximate surface area is 126 Å². The molecule has 1 fully saturated rings. The lowest BCUT2D eigenvalue weighted by atomic mass is 9.98. The smallest absolute Gasteiger partial charge is 0.185 e. The van der Waals surface area contributed by atoms with E-state index >= 15 is 0 Å². The van der Waals surface area contributed by atoms with Crippen LogP contribution in [0.5, 0.6) is 0 Å². The fourth-order valence-corrected chi connectivity index (χ4v) is 4.65. The molecule has 0 bridgehead atoms. The van der Waals surface area contributed by atoms with Gasteiger partial charge in [0.05, 0.1) is 5.69 Å². The lowest BCUT2D eigenvalue weighted by Crippen LogP contribution is -2.55. The maximum atomic E-state index is 4.95. The molecule has 5 heteroatoms. The molecule has 1 aliphatic heterocycles. The van der Waals surface area contributed by atoms with Gasteiger partial charge in [-0.25, -0.2) is 4.98 Å². The van der Waals surface area contributed by atoms with Crippen LogP contribution in [0.1, 0.15) is 43.3 Å². The molecule has 2 aliphatic rings. The van der Waals surface area contributed by atoms with Crippen LogP contribution < -0.4 is 10.2 Å². The van der Waals surface area contributed by atoms with Gasteiger partial charge in [0.1, 0.15) is 0 Å². The standard InChI is InChI=1S/C15H26N4S/c1-10-8-19(9-11(2)18(10)4)15-17-13-7-5-6-12(16-3)14(13)20-15/h10-12,16H,5-9H2,1-4H3. The van der Waals surface area contributed by atoms with Crippen molar-refractivity contribution in [1.29, 1.82) is 0 Å². The molecule has 0 amide bonds. The average Bonchev–Trinajstić information content (AvgIpc) is 2.88. The predicted molar refractivity (Wildman–Crippen MR) is 85.8 cm³/mol. The number of nitrogens with zero attached hydrogens (tertiary/aromatic N) is 3. The third-order valence-corrected chi connectivity index (χ3v) is 6.19. The molecule has 1 aromatic heterocycles. The Kier molecular flexibility index (Phi) is 4.02. The van der Waals surface area contributed by atoms with Gasteiger partial charge in [-0.05, 0) is 47.2 Å². The van der Waals surface area contributed by atoms with Gasteiger partial charge >= 0.3 is 0 Å². The van der Waals surface area contributed by atoms with Crippen LogP contribution in [0.4, 0.5) is 5.13 Å². The highest BCUT2D eigenvalue weighted by Crippen LogP contribution is 2.38. The Hall–Kier alpha value is -0.650. The minimum Gasteiger partial charge on any atom is -0.345 e. The third-order valence-electron chi connectivity index (χ3n) is 4.92. The summed E-state index contributed by atoms with van der Waals surface area (Å²) in [6.07, 6.45) is 3.67. The largest absolute Gasteiger partial charge is 0.345 e. The highest BCUT2D eigenvalue weighted by Gasteiger charge is 2.30. The zero-order valence-corrected chi connectivity index (χ0v) is 13.8. The van der Waals surface area contributed by atoms with Crippen LogP contribution in [0.3, 0.4) is 0 Å². The number of rotatable bonds is 2. The Morgan fingerprint density at radius 3 is 2.60 bits per heavy atom. The zero-order chi connectivity index (χ0) is 14.3. The highest BCUT2D eigenvalue weighted by atomic mass is 32.1. The lowest BCUT2D eigenvalue weighted by Gasteiger charge is -2.42. The molecular formula is C15H26N4S. The maximum Gasteiger partial charge on any atom is 0.185 e. The van der Waals surface area contributed by atoms with Crippen molar-refractivity contribution in [2.45, 2.75) is 51.2 Å². The summed E-state index contributed by atoms with van der Waals surface area (Å²) in [5, 5.41) is 4.68. The van der Waals surface area contributed by atoms with E-state index in [2.05, 4.69) is 43.1 Å². The molecule has 0 spiro atoms. The molecule has 1 saturated heterocycles. The van der Waals surface area contributed by atoms with Crippen molar-refractivity contribution in [2.75, 3.05) is 32.1 Å². The number of hydrogen-bond acceptors (Lipinski definition) is 5. The molecule has 1 N–H and O–H groups in total. The SMILES string of the molecule is CNC1CCCc2nc(N3CC(C)N(C)C(C)C3)sc21. The van der Waals surface area contributed by atoms with E-state index in [1.807, 2.05) is 11.3 Å². The second-order valence-corrected chi connectivity index (χ2v) is 7.32. The molecule has 0 saturated carbocycles. The summed E-state index contributed by atoms with van der Waals surface area (Å²) in [5.74, 6) is 0. The van der Waals surface area contributed by atoms with Crippen molar-refractivity contribution in [3.8, 4) is 0 Å². The van der Waals surface area contributed by atoms with E-state index in [1.54, 1.807) is 0 Å². The quantitative estimate of drug-likeness (QED) is 0.907. The predicted octanol–water partition coefficient (Wildman–Crippen LogP) is 2.27. The molecule has 4 nitrogen and oxygen atoms in total. The minimum atomic E-state index is 0.521. The van der Waals surface area contributed by atoms with Crippen LogP contribution in [-0.2, 0) is 6.42 Å². The summed E-state index contributed by atoms with van der Waals surface area (Å²) in [4.78, 5) is 11.4. The molecule has 2 heterocycles. The summed E-state index contributed by atoms with van der Waals surface area (Å²) in [7, 11) is 4.30. The first kappa shape index (κ1) is 14.3. The van der Waals surface area contributed by atoms with Gasteiger partial charge in [-0.15, -0.1) is 0 Å². The van der Waals surface area contributed by atoms with Crippen molar-refractivity contribution in [1.82, 2.24) is 15.2 Å². The van der Waals surface area contributed by atoms with Crippen LogP contribution in [-0.4, -0.2) is 49.2 Å². The normalized spacial score (nSPS) is 31.4. The van der Waals surface area contributed by atoms with Crippen molar-refractivity contribution in [2.24, 2.45) is 0 Å². The molecule has 3 atom stereocenters. The molecule has 0 radical (unpaired) electrons. The Morgan fingerprint density at radius 1 is 1.25 bits per heavy atom. The number of nitrogens with one attached hydrogen (secondary N) is 1. The van der Waals surface area contributed by atoms with Gasteiger partial charge in [0.2, 0.25) is 0 Å². The first-order valence-electron chi connectivity index (χ1n) is 7.74. The first-order valence-corrected chi connectivity index (χ1v) is 8.55. The highest BCUT2D eigenvalue weighted by molar-refractivity contribution is 7.15.